The van der Waals surface area contributed by atoms with Crippen molar-refractivity contribution in [3.63, 3.8) is 0 Å². The lowest BCUT2D eigenvalue weighted by atomic mass is 9.71. The fraction of sp³-hybridized carbons (Fsp3) is 0.643. The van der Waals surface area contributed by atoms with E-state index in [0.717, 1.165) is 42.7 Å². The van der Waals surface area contributed by atoms with Gasteiger partial charge in [0.05, 0.1) is 15.5 Å². The van der Waals surface area contributed by atoms with Gasteiger partial charge in [-0.1, -0.05) is 11.6 Å². The van der Waals surface area contributed by atoms with Crippen LogP contribution in [-0.2, 0) is 4.74 Å². The lowest BCUT2D eigenvalue weighted by Crippen LogP contribution is -2.47. The number of carbonyl (C=O) groups is 1. The average Bonchev–Trinajstić information content (AvgIpc) is 2.67. The fourth-order valence-electron chi connectivity index (χ4n) is 2.95. The molecular formula is C14H17ClO2S. The largest absolute Gasteiger partial charge is 0.375 e. The minimum atomic E-state index is 0.0252. The molecule has 0 aromatic carbocycles. The van der Waals surface area contributed by atoms with E-state index in [0.29, 0.717) is 5.02 Å². The highest BCUT2D eigenvalue weighted by atomic mass is 35.5. The van der Waals surface area contributed by atoms with Crippen LogP contribution >= 0.6 is 22.9 Å². The van der Waals surface area contributed by atoms with Crippen molar-refractivity contribution in [3.05, 3.63) is 20.8 Å². The van der Waals surface area contributed by atoms with Crippen molar-refractivity contribution in [2.45, 2.75) is 44.6 Å². The van der Waals surface area contributed by atoms with E-state index >= 15 is 0 Å². The molecule has 1 aromatic heterocycles. The summed E-state index contributed by atoms with van der Waals surface area (Å²) < 4.78 is 5.87. The molecule has 1 aliphatic heterocycles. The van der Waals surface area contributed by atoms with Crippen LogP contribution in [-0.4, -0.2) is 18.0 Å². The van der Waals surface area contributed by atoms with Crippen LogP contribution in [0.5, 0.6) is 0 Å². The van der Waals surface area contributed by atoms with Gasteiger partial charge in [0.25, 0.3) is 0 Å². The van der Waals surface area contributed by atoms with Crippen LogP contribution in [0.4, 0.5) is 0 Å². The molecule has 0 radical (unpaired) electrons. The maximum Gasteiger partial charge on any atom is 0.177 e. The summed E-state index contributed by atoms with van der Waals surface area (Å²) in [6.45, 7) is 2.67. The Bertz CT molecular complexity index is 476. The van der Waals surface area contributed by atoms with Gasteiger partial charge in [-0.2, -0.15) is 0 Å². The molecule has 1 saturated carbocycles. The van der Waals surface area contributed by atoms with Gasteiger partial charge in [-0.3, -0.25) is 4.79 Å². The first-order chi connectivity index (χ1) is 8.61. The maximum absolute atomic E-state index is 12.5. The van der Waals surface area contributed by atoms with Gasteiger partial charge in [0.15, 0.2) is 5.78 Å². The van der Waals surface area contributed by atoms with E-state index < -0.39 is 0 Å². The molecule has 1 saturated heterocycles. The van der Waals surface area contributed by atoms with Gasteiger partial charge in [0.1, 0.15) is 0 Å². The summed E-state index contributed by atoms with van der Waals surface area (Å²) in [4.78, 5) is 13.3. The second-order valence-corrected chi connectivity index (χ2v) is 6.76. The number of hydrogen-bond donors (Lipinski definition) is 0. The molecule has 3 rings (SSSR count). The zero-order valence-electron chi connectivity index (χ0n) is 10.5. The van der Waals surface area contributed by atoms with Crippen molar-refractivity contribution < 1.29 is 9.53 Å². The number of hydrogen-bond acceptors (Lipinski definition) is 3. The lowest BCUT2D eigenvalue weighted by Gasteiger charge is -2.46. The van der Waals surface area contributed by atoms with Crippen molar-refractivity contribution >= 4 is 28.7 Å². The fourth-order valence-corrected chi connectivity index (χ4v) is 4.26. The smallest absolute Gasteiger partial charge is 0.177 e. The Balaban J connectivity index is 1.78. The summed E-state index contributed by atoms with van der Waals surface area (Å²) in [6.07, 6.45) is 5.20. The van der Waals surface area contributed by atoms with E-state index in [1.807, 2.05) is 12.3 Å². The Morgan fingerprint density at radius 1 is 1.56 bits per heavy atom. The summed E-state index contributed by atoms with van der Waals surface area (Å²) in [6, 6.07) is 0. The number of aryl methyl sites for hydroxylation is 1. The third kappa shape index (κ3) is 2.02. The molecule has 2 nitrogen and oxygen atoms in total. The minimum absolute atomic E-state index is 0.0252. The zero-order valence-corrected chi connectivity index (χ0v) is 12.1. The summed E-state index contributed by atoms with van der Waals surface area (Å²) in [7, 11) is 0. The quantitative estimate of drug-likeness (QED) is 0.759. The topological polar surface area (TPSA) is 26.3 Å². The van der Waals surface area contributed by atoms with Crippen molar-refractivity contribution in [2.75, 3.05) is 6.61 Å². The highest BCUT2D eigenvalue weighted by molar-refractivity contribution is 7.13. The number of ether oxygens (including phenoxy) is 1. The molecular weight excluding hydrogens is 268 g/mol. The molecule has 1 unspecified atom stereocenters. The van der Waals surface area contributed by atoms with Crippen molar-refractivity contribution in [1.29, 1.82) is 0 Å². The van der Waals surface area contributed by atoms with Gasteiger partial charge < -0.3 is 4.74 Å². The SMILES string of the molecule is Cc1csc(C(=O)C2CCOC3(CCC3)C2)c1Cl. The standard InChI is InChI=1S/C14H17ClO2S/c1-9-8-18-13(11(9)15)12(16)10-3-6-17-14(7-10)4-2-5-14/h8,10H,2-7H2,1H3. The van der Waals surface area contributed by atoms with Crippen LogP contribution in [0, 0.1) is 12.8 Å². The second-order valence-electron chi connectivity index (χ2n) is 5.50. The van der Waals surface area contributed by atoms with E-state index in [4.69, 9.17) is 16.3 Å². The molecule has 1 aromatic rings. The lowest BCUT2D eigenvalue weighted by molar-refractivity contribution is -0.137. The Labute approximate surface area is 116 Å². The predicted octanol–water partition coefficient (Wildman–Crippen LogP) is 4.24. The molecule has 2 heterocycles. The molecule has 1 aliphatic carbocycles. The molecule has 2 aliphatic rings. The van der Waals surface area contributed by atoms with Gasteiger partial charge in [0.2, 0.25) is 0 Å². The van der Waals surface area contributed by atoms with Crippen LogP contribution in [0.25, 0.3) is 0 Å². The first kappa shape index (κ1) is 12.6. The third-order valence-electron chi connectivity index (χ3n) is 4.25. The predicted molar refractivity (Wildman–Crippen MR) is 73.7 cm³/mol. The first-order valence-electron chi connectivity index (χ1n) is 6.53. The van der Waals surface area contributed by atoms with Gasteiger partial charge in [-0.15, -0.1) is 11.3 Å². The number of thiophene rings is 1. The highest BCUT2D eigenvalue weighted by Crippen LogP contribution is 2.45. The molecule has 18 heavy (non-hydrogen) atoms. The summed E-state index contributed by atoms with van der Waals surface area (Å²) in [5, 5.41) is 2.62. The molecule has 98 valence electrons. The number of carbonyl (C=O) groups excluding carboxylic acids is 1. The second kappa shape index (κ2) is 4.62. The molecule has 0 N–H and O–H groups in total. The number of rotatable bonds is 2. The van der Waals surface area contributed by atoms with Gasteiger partial charge >= 0.3 is 0 Å². The molecule has 2 fully saturated rings. The van der Waals surface area contributed by atoms with Gasteiger partial charge in [0, 0.05) is 12.5 Å². The van der Waals surface area contributed by atoms with Crippen LogP contribution in [0.1, 0.15) is 47.3 Å². The molecule has 0 amide bonds. The van der Waals surface area contributed by atoms with Crippen LogP contribution in [0.2, 0.25) is 5.02 Å². The molecule has 0 bridgehead atoms. The summed E-state index contributed by atoms with van der Waals surface area (Å²) >= 11 is 7.68. The molecule has 1 spiro atoms. The minimum Gasteiger partial charge on any atom is -0.375 e. The van der Waals surface area contributed by atoms with E-state index in [1.54, 1.807) is 0 Å². The Morgan fingerprint density at radius 3 is 2.89 bits per heavy atom. The van der Waals surface area contributed by atoms with Crippen molar-refractivity contribution in [1.82, 2.24) is 0 Å². The van der Waals surface area contributed by atoms with Crippen LogP contribution in [0.3, 0.4) is 0 Å². The molecule has 1 atom stereocenters. The van der Waals surface area contributed by atoms with Gasteiger partial charge in [-0.25, -0.2) is 0 Å². The maximum atomic E-state index is 12.5. The number of halogens is 1. The van der Waals surface area contributed by atoms with E-state index in [-0.39, 0.29) is 17.3 Å². The monoisotopic (exact) mass is 284 g/mol. The van der Waals surface area contributed by atoms with E-state index in [1.165, 1.54) is 17.8 Å². The van der Waals surface area contributed by atoms with Crippen molar-refractivity contribution in [3.8, 4) is 0 Å². The summed E-state index contributed by atoms with van der Waals surface area (Å²) in [5.74, 6) is 0.335. The zero-order chi connectivity index (χ0) is 12.8. The van der Waals surface area contributed by atoms with Crippen LogP contribution in [0.15, 0.2) is 5.38 Å². The van der Waals surface area contributed by atoms with E-state index in [9.17, 15) is 4.79 Å². The highest BCUT2D eigenvalue weighted by Gasteiger charge is 2.44. The Hall–Kier alpha value is -0.380. The van der Waals surface area contributed by atoms with Crippen LogP contribution < -0.4 is 0 Å². The Morgan fingerprint density at radius 2 is 2.33 bits per heavy atom. The number of ketones is 1. The molecule has 4 heteroatoms. The summed E-state index contributed by atoms with van der Waals surface area (Å²) in [5.41, 5.74) is 1.03. The van der Waals surface area contributed by atoms with Crippen molar-refractivity contribution in [2.24, 2.45) is 5.92 Å². The normalized spacial score (nSPS) is 26.0. The first-order valence-corrected chi connectivity index (χ1v) is 7.79. The van der Waals surface area contributed by atoms with Gasteiger partial charge in [-0.05, 0) is 50.0 Å². The van der Waals surface area contributed by atoms with E-state index in [2.05, 4.69) is 0 Å². The average molecular weight is 285 g/mol. The third-order valence-corrected chi connectivity index (χ3v) is 5.96. The Kier molecular flexibility index (Phi) is 3.25. The number of Topliss-reactive ketones (excluding diaryl/α,β-unsaturated/α-hetero) is 1.